The van der Waals surface area contributed by atoms with Gasteiger partial charge in [0, 0.05) is 24.2 Å². The minimum Gasteiger partial charge on any atom is -0.394 e. The van der Waals surface area contributed by atoms with Gasteiger partial charge in [-0.1, -0.05) is 0 Å². The summed E-state index contributed by atoms with van der Waals surface area (Å²) in [5, 5.41) is 13.5. The number of aromatic amines is 1. The number of hydrogen-bond donors (Lipinski definition) is 2. The molecule has 6 nitrogen and oxygen atoms in total. The molecule has 0 saturated heterocycles. The molecule has 6 heteroatoms. The Kier molecular flexibility index (Phi) is 3.07. The lowest BCUT2D eigenvalue weighted by Gasteiger charge is -1.99. The van der Waals surface area contributed by atoms with Crippen LogP contribution in [0.5, 0.6) is 0 Å². The fraction of sp³-hybridized carbons (Fsp3) is 0.154. The van der Waals surface area contributed by atoms with Crippen molar-refractivity contribution in [1.82, 2.24) is 24.7 Å². The molecule has 3 aromatic rings. The van der Waals surface area contributed by atoms with Crippen molar-refractivity contribution in [3.05, 3.63) is 43.2 Å². The summed E-state index contributed by atoms with van der Waals surface area (Å²) in [7, 11) is 0. The van der Waals surface area contributed by atoms with E-state index in [2.05, 4.69) is 20.1 Å². The molecule has 0 unspecified atom stereocenters. The zero-order chi connectivity index (χ0) is 13.1. The van der Waals surface area contributed by atoms with Gasteiger partial charge >= 0.3 is 0 Å². The molecule has 0 radical (unpaired) electrons. The lowest BCUT2D eigenvalue weighted by atomic mass is 10.1. The van der Waals surface area contributed by atoms with Crippen molar-refractivity contribution >= 4 is 0 Å². The van der Waals surface area contributed by atoms with E-state index in [1.54, 1.807) is 29.6 Å². The number of nitrogens with zero attached hydrogens (tertiary/aromatic N) is 4. The van der Waals surface area contributed by atoms with E-state index in [1.807, 2.05) is 18.3 Å². The molecule has 0 aliphatic heterocycles. The molecule has 3 aromatic heterocycles. The van der Waals surface area contributed by atoms with Gasteiger partial charge in [-0.2, -0.15) is 5.10 Å². The van der Waals surface area contributed by atoms with Crippen LogP contribution in [-0.2, 0) is 6.54 Å². The Morgan fingerprint density at radius 2 is 2.05 bits per heavy atom. The second-order valence-electron chi connectivity index (χ2n) is 4.08. The van der Waals surface area contributed by atoms with Gasteiger partial charge in [0.05, 0.1) is 31.4 Å². The number of H-pyrrole nitrogens is 1. The van der Waals surface area contributed by atoms with Crippen molar-refractivity contribution < 1.29 is 5.11 Å². The second kappa shape index (κ2) is 5.03. The van der Waals surface area contributed by atoms with E-state index in [4.69, 9.17) is 5.11 Å². The maximum atomic E-state index is 9.03. The molecule has 0 saturated carbocycles. The maximum absolute atomic E-state index is 9.03. The predicted molar refractivity (Wildman–Crippen MR) is 70.1 cm³/mol. The number of pyridine rings is 1. The van der Waals surface area contributed by atoms with Crippen LogP contribution in [0.2, 0.25) is 0 Å². The third kappa shape index (κ3) is 2.25. The number of rotatable bonds is 4. The molecule has 3 heterocycles. The number of nitrogens with one attached hydrogen (secondary N) is 1. The monoisotopic (exact) mass is 255 g/mol. The van der Waals surface area contributed by atoms with Gasteiger partial charge in [0.15, 0.2) is 0 Å². The summed E-state index contributed by atoms with van der Waals surface area (Å²) in [5.74, 6) is 0. The molecule has 96 valence electrons. The van der Waals surface area contributed by atoms with Gasteiger partial charge in [-0.25, -0.2) is 4.98 Å². The molecule has 2 N–H and O–H groups in total. The first kappa shape index (κ1) is 11.6. The normalized spacial score (nSPS) is 10.8. The standard InChI is InChI=1S/C13H13N5O/c19-6-5-18-8-11(10-1-3-14-4-2-10)13(17-18)12-7-15-9-16-12/h1-4,7-9,19H,5-6H2,(H,15,16). The highest BCUT2D eigenvalue weighted by Crippen LogP contribution is 2.29. The Bertz CT molecular complexity index is 645. The van der Waals surface area contributed by atoms with Gasteiger partial charge in [-0.3, -0.25) is 9.67 Å². The topological polar surface area (TPSA) is 79.6 Å². The quantitative estimate of drug-likeness (QED) is 0.737. The zero-order valence-electron chi connectivity index (χ0n) is 10.2. The Morgan fingerprint density at radius 1 is 1.21 bits per heavy atom. The van der Waals surface area contributed by atoms with Crippen LogP contribution in [0.25, 0.3) is 22.5 Å². The molecule has 0 aliphatic rings. The van der Waals surface area contributed by atoms with E-state index in [1.165, 1.54) is 0 Å². The SMILES string of the molecule is OCCn1cc(-c2ccncc2)c(-c2cnc[nH]2)n1. The zero-order valence-corrected chi connectivity index (χ0v) is 10.2. The van der Waals surface area contributed by atoms with Crippen molar-refractivity contribution in [3.63, 3.8) is 0 Å². The van der Waals surface area contributed by atoms with Crippen LogP contribution in [0.1, 0.15) is 0 Å². The Balaban J connectivity index is 2.12. The van der Waals surface area contributed by atoms with Crippen LogP contribution in [0.15, 0.2) is 43.2 Å². The number of aliphatic hydroxyl groups is 1. The van der Waals surface area contributed by atoms with Gasteiger partial charge in [0.2, 0.25) is 0 Å². The van der Waals surface area contributed by atoms with Crippen LogP contribution in [0.3, 0.4) is 0 Å². The fourth-order valence-electron chi connectivity index (χ4n) is 1.97. The summed E-state index contributed by atoms with van der Waals surface area (Å²) < 4.78 is 1.73. The maximum Gasteiger partial charge on any atom is 0.118 e. The van der Waals surface area contributed by atoms with Crippen LogP contribution >= 0.6 is 0 Å². The van der Waals surface area contributed by atoms with E-state index < -0.39 is 0 Å². The van der Waals surface area contributed by atoms with Crippen LogP contribution in [-0.4, -0.2) is 36.4 Å². The summed E-state index contributed by atoms with van der Waals surface area (Å²) in [6, 6.07) is 3.86. The molecular weight excluding hydrogens is 242 g/mol. The van der Waals surface area contributed by atoms with Gasteiger partial charge < -0.3 is 10.1 Å². The average molecular weight is 255 g/mol. The first-order chi connectivity index (χ1) is 9.38. The fourth-order valence-corrected chi connectivity index (χ4v) is 1.97. The molecule has 0 fully saturated rings. The third-order valence-electron chi connectivity index (χ3n) is 2.84. The minimum absolute atomic E-state index is 0.0554. The molecule has 3 rings (SSSR count). The van der Waals surface area contributed by atoms with E-state index in [0.29, 0.717) is 6.54 Å². The summed E-state index contributed by atoms with van der Waals surface area (Å²) >= 11 is 0. The average Bonchev–Trinajstić information content (AvgIpc) is 3.08. The highest BCUT2D eigenvalue weighted by atomic mass is 16.3. The molecule has 0 spiro atoms. The van der Waals surface area contributed by atoms with Crippen molar-refractivity contribution in [2.75, 3.05) is 6.61 Å². The summed E-state index contributed by atoms with van der Waals surface area (Å²) in [5.41, 5.74) is 3.68. The van der Waals surface area contributed by atoms with Crippen LogP contribution < -0.4 is 0 Å². The molecule has 0 atom stereocenters. The molecule has 19 heavy (non-hydrogen) atoms. The first-order valence-electron chi connectivity index (χ1n) is 5.96. The Labute approximate surface area is 109 Å². The Morgan fingerprint density at radius 3 is 2.74 bits per heavy atom. The highest BCUT2D eigenvalue weighted by molar-refractivity contribution is 5.78. The van der Waals surface area contributed by atoms with Gasteiger partial charge in [0.25, 0.3) is 0 Å². The summed E-state index contributed by atoms with van der Waals surface area (Å²) in [6.45, 7) is 0.520. The number of aromatic nitrogens is 5. The third-order valence-corrected chi connectivity index (χ3v) is 2.84. The lowest BCUT2D eigenvalue weighted by molar-refractivity contribution is 0.269. The molecule has 0 amide bonds. The first-order valence-corrected chi connectivity index (χ1v) is 5.96. The summed E-state index contributed by atoms with van der Waals surface area (Å²) in [4.78, 5) is 11.1. The van der Waals surface area contributed by atoms with E-state index in [-0.39, 0.29) is 6.61 Å². The second-order valence-corrected chi connectivity index (χ2v) is 4.08. The number of imidazole rings is 1. The molecular formula is C13H13N5O. The predicted octanol–water partition coefficient (Wildman–Crippen LogP) is 1.33. The van der Waals surface area contributed by atoms with Gasteiger partial charge in [-0.15, -0.1) is 0 Å². The smallest absolute Gasteiger partial charge is 0.118 e. The number of hydrogen-bond acceptors (Lipinski definition) is 4. The van der Waals surface area contributed by atoms with Crippen molar-refractivity contribution in [3.8, 4) is 22.5 Å². The largest absolute Gasteiger partial charge is 0.394 e. The van der Waals surface area contributed by atoms with Gasteiger partial charge in [-0.05, 0) is 17.7 Å². The van der Waals surface area contributed by atoms with Crippen LogP contribution in [0.4, 0.5) is 0 Å². The Hall–Kier alpha value is -2.47. The van der Waals surface area contributed by atoms with Crippen LogP contribution in [0, 0.1) is 0 Å². The molecule has 0 aromatic carbocycles. The van der Waals surface area contributed by atoms with Crippen molar-refractivity contribution in [1.29, 1.82) is 0 Å². The molecule has 0 bridgehead atoms. The van der Waals surface area contributed by atoms with E-state index >= 15 is 0 Å². The summed E-state index contributed by atoms with van der Waals surface area (Å²) in [6.07, 6.45) is 8.76. The van der Waals surface area contributed by atoms with Crippen molar-refractivity contribution in [2.24, 2.45) is 0 Å². The number of aliphatic hydroxyl groups excluding tert-OH is 1. The van der Waals surface area contributed by atoms with Gasteiger partial charge in [0.1, 0.15) is 5.69 Å². The van der Waals surface area contributed by atoms with Crippen molar-refractivity contribution in [2.45, 2.75) is 6.54 Å². The van der Waals surface area contributed by atoms with E-state index in [9.17, 15) is 0 Å². The molecule has 0 aliphatic carbocycles. The minimum atomic E-state index is 0.0554. The van der Waals surface area contributed by atoms with E-state index in [0.717, 1.165) is 22.5 Å². The lowest BCUT2D eigenvalue weighted by Crippen LogP contribution is -2.02. The highest BCUT2D eigenvalue weighted by Gasteiger charge is 2.13.